The second-order valence-electron chi connectivity index (χ2n) is 6.10. The molecule has 2 aromatic carbocycles. The molecule has 0 aliphatic carbocycles. The molecule has 0 fully saturated rings. The summed E-state index contributed by atoms with van der Waals surface area (Å²) in [6.45, 7) is 2.69. The van der Waals surface area contributed by atoms with E-state index in [0.717, 1.165) is 21.3 Å². The number of aryl methyl sites for hydroxylation is 1. The summed E-state index contributed by atoms with van der Waals surface area (Å²) >= 11 is 3.45. The van der Waals surface area contributed by atoms with E-state index >= 15 is 0 Å². The van der Waals surface area contributed by atoms with Gasteiger partial charge in [0.1, 0.15) is 5.75 Å². The molecule has 1 N–H and O–H groups in total. The van der Waals surface area contributed by atoms with Crippen molar-refractivity contribution in [3.05, 3.63) is 82.0 Å². The van der Waals surface area contributed by atoms with Crippen LogP contribution in [0.4, 0.5) is 5.82 Å². The fourth-order valence-corrected chi connectivity index (χ4v) is 2.90. The quantitative estimate of drug-likeness (QED) is 0.584. The van der Waals surface area contributed by atoms with Crippen molar-refractivity contribution in [3.8, 4) is 5.75 Å². The number of rotatable bonds is 6. The molecule has 0 saturated heterocycles. The van der Waals surface area contributed by atoms with Crippen molar-refractivity contribution in [3.63, 3.8) is 0 Å². The van der Waals surface area contributed by atoms with Gasteiger partial charge < -0.3 is 10.1 Å². The van der Waals surface area contributed by atoms with Crippen LogP contribution in [0.15, 0.2) is 65.3 Å². The molecule has 1 heterocycles. The van der Waals surface area contributed by atoms with Crippen molar-refractivity contribution in [2.45, 2.75) is 13.5 Å². The van der Waals surface area contributed by atoms with Crippen molar-refractivity contribution in [1.82, 2.24) is 9.78 Å². The number of hydrogen-bond donors (Lipinski definition) is 1. The van der Waals surface area contributed by atoms with Crippen molar-refractivity contribution in [1.29, 1.82) is 0 Å². The van der Waals surface area contributed by atoms with Crippen molar-refractivity contribution >= 4 is 33.7 Å². The van der Waals surface area contributed by atoms with Crippen LogP contribution in [-0.4, -0.2) is 22.8 Å². The number of amides is 1. The normalized spacial score (nSPS) is 10.9. The largest absolute Gasteiger partial charge is 0.497 e. The van der Waals surface area contributed by atoms with Crippen LogP contribution < -0.4 is 10.1 Å². The zero-order chi connectivity index (χ0) is 19.2. The second kappa shape index (κ2) is 8.68. The summed E-state index contributed by atoms with van der Waals surface area (Å²) in [5.41, 5.74) is 3.28. The first-order valence-electron chi connectivity index (χ1n) is 8.45. The van der Waals surface area contributed by atoms with Crippen LogP contribution in [0.3, 0.4) is 0 Å². The summed E-state index contributed by atoms with van der Waals surface area (Å²) in [5, 5.41) is 7.22. The molecule has 1 amide bonds. The maximum Gasteiger partial charge on any atom is 0.249 e. The Bertz CT molecular complexity index is 945. The summed E-state index contributed by atoms with van der Waals surface area (Å²) in [6, 6.07) is 15.7. The fourth-order valence-electron chi connectivity index (χ4n) is 2.49. The number of aromatic nitrogens is 2. The minimum atomic E-state index is -0.243. The monoisotopic (exact) mass is 425 g/mol. The lowest BCUT2D eigenvalue weighted by Gasteiger charge is -2.02. The number of methoxy groups -OCH3 is 1. The summed E-state index contributed by atoms with van der Waals surface area (Å²) in [7, 11) is 1.62. The zero-order valence-electron chi connectivity index (χ0n) is 15.1. The summed E-state index contributed by atoms with van der Waals surface area (Å²) in [6.07, 6.45) is 5.07. The zero-order valence-corrected chi connectivity index (χ0v) is 16.7. The minimum absolute atomic E-state index is 0.243. The van der Waals surface area contributed by atoms with Crippen LogP contribution in [0.5, 0.6) is 5.75 Å². The molecule has 0 radical (unpaired) electrons. The third kappa shape index (κ3) is 5.31. The van der Waals surface area contributed by atoms with Gasteiger partial charge in [0.05, 0.1) is 18.1 Å². The Balaban J connectivity index is 1.62. The molecule has 0 unspecified atom stereocenters. The number of hydrogen-bond acceptors (Lipinski definition) is 3. The molecule has 0 saturated carbocycles. The lowest BCUT2D eigenvalue weighted by molar-refractivity contribution is -0.111. The van der Waals surface area contributed by atoms with Gasteiger partial charge in [0.2, 0.25) is 5.91 Å². The molecular formula is C21H20BrN3O2. The molecule has 1 aromatic heterocycles. The van der Waals surface area contributed by atoms with E-state index in [4.69, 9.17) is 4.74 Å². The first kappa shape index (κ1) is 18.9. The van der Waals surface area contributed by atoms with E-state index in [1.807, 2.05) is 30.5 Å². The average molecular weight is 426 g/mol. The Morgan fingerprint density at radius 2 is 1.89 bits per heavy atom. The first-order valence-corrected chi connectivity index (χ1v) is 9.24. The lowest BCUT2D eigenvalue weighted by atomic mass is 10.1. The Morgan fingerprint density at radius 3 is 2.56 bits per heavy atom. The summed E-state index contributed by atoms with van der Waals surface area (Å²) in [4.78, 5) is 12.2. The van der Waals surface area contributed by atoms with E-state index in [1.54, 1.807) is 17.9 Å². The standard InChI is InChI=1S/C21H20BrN3O2/c1-15-3-5-17(6-4-15)13-25-14-19(22)21(24-25)23-20(26)12-9-16-7-10-18(27-2)11-8-16/h3-12,14H,13H2,1-2H3,(H,23,24,26)/b12-9+. The highest BCUT2D eigenvalue weighted by Gasteiger charge is 2.09. The lowest BCUT2D eigenvalue weighted by Crippen LogP contribution is -2.09. The van der Waals surface area contributed by atoms with Gasteiger partial charge in [-0.25, -0.2) is 0 Å². The van der Waals surface area contributed by atoms with Gasteiger partial charge in [0.15, 0.2) is 5.82 Å². The van der Waals surface area contributed by atoms with Gasteiger partial charge in [0.25, 0.3) is 0 Å². The van der Waals surface area contributed by atoms with Crippen LogP contribution >= 0.6 is 15.9 Å². The second-order valence-corrected chi connectivity index (χ2v) is 6.96. The molecule has 0 spiro atoms. The average Bonchev–Trinajstić information content (AvgIpc) is 3.01. The van der Waals surface area contributed by atoms with Crippen LogP contribution in [0.25, 0.3) is 6.08 Å². The molecule has 0 aliphatic rings. The molecule has 3 aromatic rings. The number of nitrogens with one attached hydrogen (secondary N) is 1. The molecule has 5 nitrogen and oxygen atoms in total. The predicted octanol–water partition coefficient (Wildman–Crippen LogP) is 4.66. The third-order valence-electron chi connectivity index (χ3n) is 3.97. The fraction of sp³-hybridized carbons (Fsp3) is 0.143. The molecule has 3 rings (SSSR count). The van der Waals surface area contributed by atoms with Gasteiger partial charge >= 0.3 is 0 Å². The number of halogens is 1. The van der Waals surface area contributed by atoms with Crippen LogP contribution in [-0.2, 0) is 11.3 Å². The number of benzene rings is 2. The first-order chi connectivity index (χ1) is 13.0. The van der Waals surface area contributed by atoms with Gasteiger partial charge in [-0.15, -0.1) is 0 Å². The highest BCUT2D eigenvalue weighted by atomic mass is 79.9. The van der Waals surface area contributed by atoms with E-state index in [2.05, 4.69) is 57.5 Å². The van der Waals surface area contributed by atoms with Crippen molar-refractivity contribution in [2.75, 3.05) is 12.4 Å². The van der Waals surface area contributed by atoms with Crippen LogP contribution in [0.1, 0.15) is 16.7 Å². The number of ether oxygens (including phenoxy) is 1. The minimum Gasteiger partial charge on any atom is -0.497 e. The van der Waals surface area contributed by atoms with Gasteiger partial charge in [-0.3, -0.25) is 9.48 Å². The van der Waals surface area contributed by atoms with Gasteiger partial charge in [0, 0.05) is 12.3 Å². The Morgan fingerprint density at radius 1 is 1.19 bits per heavy atom. The number of nitrogens with zero attached hydrogens (tertiary/aromatic N) is 2. The Labute approximate surface area is 166 Å². The van der Waals surface area contributed by atoms with Gasteiger partial charge in [-0.1, -0.05) is 42.0 Å². The number of carbonyl (C=O) groups excluding carboxylic acids is 1. The molecular weight excluding hydrogens is 406 g/mol. The SMILES string of the molecule is COc1ccc(/C=C/C(=O)Nc2nn(Cc3ccc(C)cc3)cc2Br)cc1. The molecule has 0 bridgehead atoms. The molecule has 0 aliphatic heterocycles. The maximum absolute atomic E-state index is 12.2. The topological polar surface area (TPSA) is 56.1 Å². The number of anilines is 1. The molecule has 6 heteroatoms. The summed E-state index contributed by atoms with van der Waals surface area (Å²) in [5.74, 6) is 1.03. The summed E-state index contributed by atoms with van der Waals surface area (Å²) < 4.78 is 7.64. The molecule has 27 heavy (non-hydrogen) atoms. The van der Waals surface area contributed by atoms with Crippen LogP contribution in [0, 0.1) is 6.92 Å². The Kier molecular flexibility index (Phi) is 6.08. The third-order valence-corrected chi connectivity index (χ3v) is 4.55. The van der Waals surface area contributed by atoms with E-state index in [0.29, 0.717) is 12.4 Å². The smallest absolute Gasteiger partial charge is 0.249 e. The van der Waals surface area contributed by atoms with E-state index < -0.39 is 0 Å². The van der Waals surface area contributed by atoms with E-state index in [1.165, 1.54) is 11.6 Å². The van der Waals surface area contributed by atoms with Crippen LogP contribution in [0.2, 0.25) is 0 Å². The highest BCUT2D eigenvalue weighted by molar-refractivity contribution is 9.10. The number of carbonyl (C=O) groups is 1. The van der Waals surface area contributed by atoms with Crippen molar-refractivity contribution < 1.29 is 9.53 Å². The predicted molar refractivity (Wildman–Crippen MR) is 111 cm³/mol. The maximum atomic E-state index is 12.2. The molecule has 0 atom stereocenters. The highest BCUT2D eigenvalue weighted by Crippen LogP contribution is 2.21. The Hall–Kier alpha value is -2.86. The van der Waals surface area contributed by atoms with Gasteiger partial charge in [-0.05, 0) is 52.2 Å². The van der Waals surface area contributed by atoms with E-state index in [-0.39, 0.29) is 5.91 Å². The van der Waals surface area contributed by atoms with Crippen molar-refractivity contribution in [2.24, 2.45) is 0 Å². The van der Waals surface area contributed by atoms with E-state index in [9.17, 15) is 4.79 Å². The molecule has 138 valence electrons. The van der Waals surface area contributed by atoms with Gasteiger partial charge in [-0.2, -0.15) is 5.10 Å².